The van der Waals surface area contributed by atoms with Gasteiger partial charge >= 0.3 is 6.18 Å². The summed E-state index contributed by atoms with van der Waals surface area (Å²) in [5, 5.41) is 2.10. The van der Waals surface area contributed by atoms with Gasteiger partial charge in [-0.2, -0.15) is 13.2 Å². The Labute approximate surface area is 257 Å². The number of hydrogen-bond donors (Lipinski definition) is 0. The van der Waals surface area contributed by atoms with E-state index in [2.05, 4.69) is 58.0 Å². The second-order valence-corrected chi connectivity index (χ2v) is 18.9. The number of carbonyl (C=O) groups excluding carboxylic acids is 2. The second-order valence-electron chi connectivity index (χ2n) is 12.5. The molecule has 0 bridgehead atoms. The summed E-state index contributed by atoms with van der Waals surface area (Å²) in [7, 11) is 0.863. The summed E-state index contributed by atoms with van der Waals surface area (Å²) in [4.78, 5) is 34.1. The maximum absolute atomic E-state index is 14.3. The summed E-state index contributed by atoms with van der Waals surface area (Å²) in [6.45, 7) is 14.7. The molecule has 2 amide bonds. The van der Waals surface area contributed by atoms with Crippen molar-refractivity contribution >= 4 is 36.9 Å². The molecular formula is C31H42F3N3O4SSi. The summed E-state index contributed by atoms with van der Waals surface area (Å²) in [5.74, 6) is 2.78. The maximum Gasteiger partial charge on any atom is 0.406 e. The Morgan fingerprint density at radius 3 is 2.09 bits per heavy atom. The molecule has 1 aliphatic heterocycles. The topological polar surface area (TPSA) is 72.0 Å². The van der Waals surface area contributed by atoms with Crippen molar-refractivity contribution in [2.24, 2.45) is 5.41 Å². The van der Waals surface area contributed by atoms with Gasteiger partial charge in [0.1, 0.15) is 31.8 Å². The van der Waals surface area contributed by atoms with Crippen molar-refractivity contribution in [3.8, 4) is 23.0 Å². The molecule has 0 N–H and O–H groups in total. The molecule has 1 aliphatic rings. The van der Waals surface area contributed by atoms with E-state index in [1.807, 2.05) is 0 Å². The molecule has 43 heavy (non-hydrogen) atoms. The predicted octanol–water partition coefficient (Wildman–Crippen LogP) is 7.18. The number of thiazole rings is 1. The smallest absolute Gasteiger partial charge is 0.406 e. The van der Waals surface area contributed by atoms with E-state index in [1.165, 1.54) is 30.5 Å². The molecule has 1 atom stereocenters. The molecule has 2 aromatic rings. The second kappa shape index (κ2) is 12.9. The van der Waals surface area contributed by atoms with E-state index in [4.69, 9.17) is 9.47 Å². The molecule has 7 nitrogen and oxygen atoms in total. The zero-order chi connectivity index (χ0) is 32.5. The van der Waals surface area contributed by atoms with Crippen LogP contribution in [0.1, 0.15) is 70.9 Å². The maximum atomic E-state index is 14.3. The highest BCUT2D eigenvalue weighted by Crippen LogP contribution is 2.42. The van der Waals surface area contributed by atoms with Gasteiger partial charge in [0.05, 0.1) is 31.4 Å². The molecule has 1 fully saturated rings. The average molecular weight is 638 g/mol. The highest BCUT2D eigenvalue weighted by Gasteiger charge is 2.53. The van der Waals surface area contributed by atoms with E-state index in [1.54, 1.807) is 37.4 Å². The van der Waals surface area contributed by atoms with Crippen LogP contribution in [-0.2, 0) is 4.79 Å². The van der Waals surface area contributed by atoms with Crippen LogP contribution in [0.4, 0.5) is 18.9 Å². The van der Waals surface area contributed by atoms with E-state index < -0.39 is 44.1 Å². The van der Waals surface area contributed by atoms with Crippen LogP contribution in [0.5, 0.6) is 11.5 Å². The lowest BCUT2D eigenvalue weighted by Crippen LogP contribution is -2.49. The van der Waals surface area contributed by atoms with Gasteiger partial charge < -0.3 is 19.3 Å². The standard InChI is InChI=1S/C31H42F3N3O4SSi/c1-19(2)43(20(3)4,21(5)6)12-11-27-35-25(17-42-27)28(38)37(22-13-23(40-9)15-24(14-22)41-10)26-16-36(18-31(32,33)34)29(39)30(26,7)8/h13-15,17,19-21,26H,16,18H2,1-10H3. The van der Waals surface area contributed by atoms with Crippen LogP contribution in [0.25, 0.3) is 0 Å². The summed E-state index contributed by atoms with van der Waals surface area (Å²) in [6.07, 6.45) is -4.59. The number of halogens is 3. The van der Waals surface area contributed by atoms with E-state index in [9.17, 15) is 22.8 Å². The lowest BCUT2D eigenvalue weighted by atomic mass is 9.85. The first kappa shape index (κ1) is 34.4. The monoisotopic (exact) mass is 637 g/mol. The van der Waals surface area contributed by atoms with E-state index in [0.717, 1.165) is 4.90 Å². The zero-order valence-electron chi connectivity index (χ0n) is 26.5. The number of hydrogen-bond acceptors (Lipinski definition) is 6. The van der Waals surface area contributed by atoms with Crippen LogP contribution >= 0.6 is 11.3 Å². The van der Waals surface area contributed by atoms with Gasteiger partial charge in [-0.15, -0.1) is 16.9 Å². The number of amides is 2. The van der Waals surface area contributed by atoms with Crippen LogP contribution in [0, 0.1) is 16.9 Å². The van der Waals surface area contributed by atoms with Crippen LogP contribution in [0.3, 0.4) is 0 Å². The Hall–Kier alpha value is -3.04. The number of likely N-dealkylation sites (tertiary alicyclic amines) is 1. The number of nitrogens with zero attached hydrogens (tertiary/aromatic N) is 3. The lowest BCUT2D eigenvalue weighted by Gasteiger charge is -2.37. The quantitative estimate of drug-likeness (QED) is 0.215. The van der Waals surface area contributed by atoms with Crippen LogP contribution in [-0.4, -0.2) is 69.3 Å². The van der Waals surface area contributed by atoms with Crippen molar-refractivity contribution in [1.82, 2.24) is 9.88 Å². The number of rotatable bonds is 9. The molecule has 236 valence electrons. The molecule has 0 radical (unpaired) electrons. The largest absolute Gasteiger partial charge is 0.497 e. The van der Waals surface area contributed by atoms with Gasteiger partial charge in [-0.25, -0.2) is 4.98 Å². The number of anilines is 1. The van der Waals surface area contributed by atoms with E-state index in [-0.39, 0.29) is 12.2 Å². The van der Waals surface area contributed by atoms with Crippen molar-refractivity contribution < 1.29 is 32.2 Å². The molecule has 0 spiro atoms. The molecule has 0 aliphatic carbocycles. The van der Waals surface area contributed by atoms with Crippen molar-refractivity contribution in [3.05, 3.63) is 34.3 Å². The zero-order valence-corrected chi connectivity index (χ0v) is 28.4. The first-order chi connectivity index (χ1) is 19.9. The molecule has 0 saturated carbocycles. The molecular weight excluding hydrogens is 596 g/mol. The molecule has 1 aromatic heterocycles. The minimum atomic E-state index is -4.59. The van der Waals surface area contributed by atoms with Gasteiger partial charge in [0.2, 0.25) is 5.91 Å². The Balaban J connectivity index is 2.13. The third-order valence-corrected chi connectivity index (χ3v) is 15.6. The number of methoxy groups -OCH3 is 2. The van der Waals surface area contributed by atoms with Gasteiger partial charge in [0, 0.05) is 30.1 Å². The van der Waals surface area contributed by atoms with Gasteiger partial charge in [0.25, 0.3) is 5.91 Å². The molecule has 3 rings (SSSR count). The fourth-order valence-electron chi connectivity index (χ4n) is 6.34. The highest BCUT2D eigenvalue weighted by molar-refractivity contribution is 7.10. The van der Waals surface area contributed by atoms with Gasteiger partial charge in [-0.05, 0) is 36.4 Å². The third-order valence-electron chi connectivity index (χ3n) is 8.56. The number of aromatic nitrogens is 1. The normalized spacial score (nSPS) is 17.0. The van der Waals surface area contributed by atoms with Crippen LogP contribution in [0.2, 0.25) is 16.6 Å². The Morgan fingerprint density at radius 2 is 1.63 bits per heavy atom. The molecule has 2 heterocycles. The van der Waals surface area contributed by atoms with Crippen molar-refractivity contribution in [2.75, 3.05) is 32.2 Å². The Bertz CT molecular complexity index is 1350. The van der Waals surface area contributed by atoms with Crippen molar-refractivity contribution in [3.63, 3.8) is 0 Å². The van der Waals surface area contributed by atoms with E-state index >= 15 is 0 Å². The molecule has 1 aromatic carbocycles. The number of ether oxygens (including phenoxy) is 2. The van der Waals surface area contributed by atoms with Crippen LogP contribution < -0.4 is 14.4 Å². The Morgan fingerprint density at radius 1 is 1.09 bits per heavy atom. The Kier molecular flexibility index (Phi) is 10.3. The summed E-state index contributed by atoms with van der Waals surface area (Å²) in [5.41, 5.74) is 3.95. The predicted molar refractivity (Wildman–Crippen MR) is 167 cm³/mol. The van der Waals surface area contributed by atoms with Gasteiger partial charge in [-0.1, -0.05) is 41.5 Å². The summed E-state index contributed by atoms with van der Waals surface area (Å²) >= 11 is 1.25. The summed E-state index contributed by atoms with van der Waals surface area (Å²) in [6, 6.07) is 3.87. The van der Waals surface area contributed by atoms with Crippen LogP contribution in [0.15, 0.2) is 23.6 Å². The first-order valence-corrected chi connectivity index (χ1v) is 17.4. The number of benzene rings is 1. The number of alkyl halides is 3. The fourth-order valence-corrected chi connectivity index (χ4v) is 12.3. The third kappa shape index (κ3) is 7.04. The molecule has 12 heteroatoms. The minimum Gasteiger partial charge on any atom is -0.497 e. The SMILES string of the molecule is COc1cc(OC)cc(N(C(=O)c2csc(C#C[Si](C(C)C)(C(C)C)C(C)C)n2)C2CN(CC(F)(F)F)C(=O)C2(C)C)c1. The molecule has 1 saturated heterocycles. The molecule has 1 unspecified atom stereocenters. The van der Waals surface area contributed by atoms with Crippen molar-refractivity contribution in [1.29, 1.82) is 0 Å². The fraction of sp³-hybridized carbons (Fsp3) is 0.581. The van der Waals surface area contributed by atoms with Gasteiger partial charge in [-0.3, -0.25) is 9.59 Å². The highest BCUT2D eigenvalue weighted by atomic mass is 32.1. The van der Waals surface area contributed by atoms with E-state index in [0.29, 0.717) is 38.8 Å². The summed E-state index contributed by atoms with van der Waals surface area (Å²) < 4.78 is 51.0. The number of carbonyl (C=O) groups is 2. The van der Waals surface area contributed by atoms with Gasteiger partial charge in [0.15, 0.2) is 5.01 Å². The van der Waals surface area contributed by atoms with Crippen molar-refractivity contribution in [2.45, 2.75) is 84.2 Å². The lowest BCUT2D eigenvalue weighted by molar-refractivity contribution is -0.160. The average Bonchev–Trinajstić information content (AvgIpc) is 3.46. The first-order valence-electron chi connectivity index (χ1n) is 14.3. The minimum absolute atomic E-state index is 0.0968.